The van der Waals surface area contributed by atoms with E-state index in [1.54, 1.807) is 19.3 Å². The smallest absolute Gasteiger partial charge is 0.224 e. The molecule has 14 heavy (non-hydrogen) atoms. The largest absolute Gasteiger partial charge is 0.480 e. The molecule has 0 aliphatic carbocycles. The van der Waals surface area contributed by atoms with Crippen molar-refractivity contribution < 1.29 is 9.53 Å². The van der Waals surface area contributed by atoms with Crippen LogP contribution in [0.1, 0.15) is 10.4 Å². The second kappa shape index (κ2) is 5.07. The summed E-state index contributed by atoms with van der Waals surface area (Å²) >= 11 is 3.25. The number of halogens is 1. The quantitative estimate of drug-likeness (QED) is 0.827. The van der Waals surface area contributed by atoms with Gasteiger partial charge in [-0.05, 0) is 29.0 Å². The van der Waals surface area contributed by atoms with Crippen LogP contribution in [0.3, 0.4) is 0 Å². The lowest BCUT2D eigenvalue weighted by Crippen LogP contribution is -2.19. The van der Waals surface area contributed by atoms with Crippen molar-refractivity contribution in [2.24, 2.45) is 0 Å². The lowest BCUT2D eigenvalue weighted by atomic mass is 10.2. The molecule has 0 aromatic carbocycles. The number of nitrogens with zero attached hydrogens (tertiary/aromatic N) is 1. The van der Waals surface area contributed by atoms with E-state index in [4.69, 9.17) is 4.74 Å². The van der Waals surface area contributed by atoms with Gasteiger partial charge in [-0.25, -0.2) is 4.98 Å². The highest BCUT2D eigenvalue weighted by atomic mass is 79.9. The Morgan fingerprint density at radius 3 is 3.00 bits per heavy atom. The number of ether oxygens (including phenoxy) is 1. The van der Waals surface area contributed by atoms with Crippen LogP contribution in [0.25, 0.3) is 0 Å². The number of rotatable bonds is 4. The van der Waals surface area contributed by atoms with Crippen LogP contribution in [0.4, 0.5) is 0 Å². The molecular formula is C9H11BrN2O2. The molecule has 1 heterocycles. The minimum absolute atomic E-state index is 0.0434. The van der Waals surface area contributed by atoms with Crippen molar-refractivity contribution in [3.8, 4) is 5.88 Å². The zero-order valence-corrected chi connectivity index (χ0v) is 9.59. The number of hydrogen-bond acceptors (Lipinski definition) is 4. The first kappa shape index (κ1) is 11.1. The molecule has 0 aliphatic heterocycles. The predicted octanol–water partition coefficient (Wildman–Crippen LogP) is 1.25. The molecule has 1 rings (SSSR count). The highest BCUT2D eigenvalue weighted by Gasteiger charge is 2.12. The van der Waals surface area contributed by atoms with Gasteiger partial charge < -0.3 is 10.1 Å². The van der Waals surface area contributed by atoms with Gasteiger partial charge in [-0.2, -0.15) is 0 Å². The molecule has 0 spiro atoms. The number of aromatic nitrogens is 1. The molecule has 0 amide bonds. The summed E-state index contributed by atoms with van der Waals surface area (Å²) in [6.07, 6.45) is 1.59. The van der Waals surface area contributed by atoms with E-state index >= 15 is 0 Å². The van der Waals surface area contributed by atoms with E-state index in [0.717, 1.165) is 4.47 Å². The minimum Gasteiger partial charge on any atom is -0.480 e. The molecule has 0 fully saturated rings. The predicted molar refractivity (Wildman–Crippen MR) is 56.7 cm³/mol. The Kier molecular flexibility index (Phi) is 4.03. The maximum Gasteiger partial charge on any atom is 0.224 e. The maximum absolute atomic E-state index is 11.6. The van der Waals surface area contributed by atoms with Gasteiger partial charge in [0, 0.05) is 10.7 Å². The minimum atomic E-state index is -0.0434. The number of pyridine rings is 1. The van der Waals surface area contributed by atoms with Gasteiger partial charge in [-0.1, -0.05) is 0 Å². The van der Waals surface area contributed by atoms with Gasteiger partial charge in [0.05, 0.1) is 19.2 Å². The molecule has 0 aliphatic rings. The Bertz CT molecular complexity index is 342. The third-order valence-corrected chi connectivity index (χ3v) is 2.08. The second-order valence-electron chi connectivity index (χ2n) is 2.66. The molecule has 1 aromatic rings. The Balaban J connectivity index is 3.03. The first-order valence-electron chi connectivity index (χ1n) is 4.06. The van der Waals surface area contributed by atoms with E-state index in [1.807, 2.05) is 0 Å². The summed E-state index contributed by atoms with van der Waals surface area (Å²) in [5.41, 5.74) is 0.483. The molecule has 0 saturated heterocycles. The Morgan fingerprint density at radius 2 is 2.43 bits per heavy atom. The fourth-order valence-corrected chi connectivity index (χ4v) is 1.38. The SMILES string of the molecule is CNCC(=O)c1cc(Br)cnc1OC. The number of likely N-dealkylation sites (N-methyl/N-ethyl adjacent to an activating group) is 1. The van der Waals surface area contributed by atoms with Crippen molar-refractivity contribution in [1.82, 2.24) is 10.3 Å². The van der Waals surface area contributed by atoms with Gasteiger partial charge in [0.25, 0.3) is 0 Å². The normalized spacial score (nSPS) is 9.93. The third-order valence-electron chi connectivity index (χ3n) is 1.65. The van der Waals surface area contributed by atoms with Crippen LogP contribution in [0.15, 0.2) is 16.7 Å². The van der Waals surface area contributed by atoms with Crippen molar-refractivity contribution in [2.45, 2.75) is 0 Å². The van der Waals surface area contributed by atoms with E-state index < -0.39 is 0 Å². The molecule has 1 aromatic heterocycles. The number of carbonyl (C=O) groups is 1. The first-order valence-corrected chi connectivity index (χ1v) is 4.85. The molecule has 5 heteroatoms. The topological polar surface area (TPSA) is 51.2 Å². The first-order chi connectivity index (χ1) is 6.69. The number of nitrogens with one attached hydrogen (secondary N) is 1. The van der Waals surface area contributed by atoms with E-state index in [-0.39, 0.29) is 12.3 Å². The fourth-order valence-electron chi connectivity index (χ4n) is 1.04. The van der Waals surface area contributed by atoms with Crippen molar-refractivity contribution in [3.05, 3.63) is 22.3 Å². The van der Waals surface area contributed by atoms with Crippen LogP contribution in [0, 0.1) is 0 Å². The van der Waals surface area contributed by atoms with E-state index in [0.29, 0.717) is 11.4 Å². The van der Waals surface area contributed by atoms with Crippen molar-refractivity contribution in [1.29, 1.82) is 0 Å². The third kappa shape index (κ3) is 2.52. The zero-order valence-electron chi connectivity index (χ0n) is 8.00. The highest BCUT2D eigenvalue weighted by Crippen LogP contribution is 2.19. The number of Topliss-reactive ketones (excluding diaryl/α,β-unsaturated/α-hetero) is 1. The van der Waals surface area contributed by atoms with Gasteiger partial charge in [0.2, 0.25) is 5.88 Å². The lowest BCUT2D eigenvalue weighted by Gasteiger charge is -2.06. The van der Waals surface area contributed by atoms with Crippen LogP contribution >= 0.6 is 15.9 Å². The maximum atomic E-state index is 11.6. The summed E-state index contributed by atoms with van der Waals surface area (Å²) in [6.45, 7) is 0.272. The monoisotopic (exact) mass is 258 g/mol. The van der Waals surface area contributed by atoms with Gasteiger partial charge >= 0.3 is 0 Å². The molecule has 76 valence electrons. The molecule has 0 atom stereocenters. The van der Waals surface area contributed by atoms with Crippen molar-refractivity contribution in [3.63, 3.8) is 0 Å². The van der Waals surface area contributed by atoms with Gasteiger partial charge in [-0.3, -0.25) is 4.79 Å². The van der Waals surface area contributed by atoms with Crippen LogP contribution in [-0.2, 0) is 0 Å². The number of ketones is 1. The molecule has 1 N–H and O–H groups in total. The second-order valence-corrected chi connectivity index (χ2v) is 3.58. The molecule has 4 nitrogen and oxygen atoms in total. The number of methoxy groups -OCH3 is 1. The summed E-state index contributed by atoms with van der Waals surface area (Å²) < 4.78 is 5.75. The molecule has 0 unspecified atom stereocenters. The summed E-state index contributed by atoms with van der Waals surface area (Å²) in [7, 11) is 3.21. The van der Waals surface area contributed by atoms with Gasteiger partial charge in [0.1, 0.15) is 0 Å². The van der Waals surface area contributed by atoms with E-state index in [2.05, 4.69) is 26.2 Å². The lowest BCUT2D eigenvalue weighted by molar-refractivity contribution is 0.0990. The Morgan fingerprint density at radius 1 is 1.71 bits per heavy atom. The van der Waals surface area contributed by atoms with Crippen LogP contribution < -0.4 is 10.1 Å². The van der Waals surface area contributed by atoms with Crippen molar-refractivity contribution >= 4 is 21.7 Å². The van der Waals surface area contributed by atoms with Gasteiger partial charge in [0.15, 0.2) is 5.78 Å². The average molecular weight is 259 g/mol. The fraction of sp³-hybridized carbons (Fsp3) is 0.333. The highest BCUT2D eigenvalue weighted by molar-refractivity contribution is 9.10. The van der Waals surface area contributed by atoms with E-state index in [9.17, 15) is 4.79 Å². The Hall–Kier alpha value is -0.940. The standard InChI is InChI=1S/C9H11BrN2O2/c1-11-5-8(13)7-3-6(10)4-12-9(7)14-2/h3-4,11H,5H2,1-2H3. The number of carbonyl (C=O) groups excluding carboxylic acids is 1. The molecular weight excluding hydrogens is 248 g/mol. The molecule has 0 saturated carbocycles. The van der Waals surface area contributed by atoms with Crippen LogP contribution in [0.2, 0.25) is 0 Å². The van der Waals surface area contributed by atoms with E-state index in [1.165, 1.54) is 7.11 Å². The summed E-state index contributed by atoms with van der Waals surface area (Å²) in [5.74, 6) is 0.312. The molecule has 0 bridgehead atoms. The zero-order chi connectivity index (χ0) is 10.6. The van der Waals surface area contributed by atoms with Crippen LogP contribution in [0.5, 0.6) is 5.88 Å². The summed E-state index contributed by atoms with van der Waals surface area (Å²) in [5, 5.41) is 2.79. The summed E-state index contributed by atoms with van der Waals surface area (Å²) in [4.78, 5) is 15.6. The average Bonchev–Trinajstić information content (AvgIpc) is 2.18. The Labute approximate surface area is 90.8 Å². The molecule has 0 radical (unpaired) electrons. The number of hydrogen-bond donors (Lipinski definition) is 1. The van der Waals surface area contributed by atoms with Crippen molar-refractivity contribution in [2.75, 3.05) is 20.7 Å². The summed E-state index contributed by atoms with van der Waals surface area (Å²) in [6, 6.07) is 1.70. The van der Waals surface area contributed by atoms with Crippen LogP contribution in [-0.4, -0.2) is 31.5 Å². The van der Waals surface area contributed by atoms with Gasteiger partial charge in [-0.15, -0.1) is 0 Å².